The lowest BCUT2D eigenvalue weighted by Crippen LogP contribution is -2.16. The Labute approximate surface area is 154 Å². The summed E-state index contributed by atoms with van der Waals surface area (Å²) in [4.78, 5) is 14.8. The van der Waals surface area contributed by atoms with E-state index in [9.17, 15) is 22.4 Å². The van der Waals surface area contributed by atoms with Crippen molar-refractivity contribution >= 4 is 5.97 Å². The van der Waals surface area contributed by atoms with Gasteiger partial charge in [0.15, 0.2) is 5.82 Å². The first-order valence-electron chi connectivity index (χ1n) is 7.64. The zero-order valence-corrected chi connectivity index (χ0v) is 13.8. The molecule has 0 amide bonds. The molecule has 0 aliphatic carbocycles. The molecule has 0 saturated carbocycles. The Morgan fingerprint density at radius 2 is 1.86 bits per heavy atom. The number of alkyl halides is 3. The van der Waals surface area contributed by atoms with Crippen LogP contribution in [-0.2, 0) is 6.61 Å². The molecule has 1 heterocycles. The molecule has 0 fully saturated rings. The topological polar surface area (TPSA) is 97.3 Å². The van der Waals surface area contributed by atoms with E-state index in [1.807, 2.05) is 0 Å². The largest absolute Gasteiger partial charge is 0.573 e. The third kappa shape index (κ3) is 4.75. The van der Waals surface area contributed by atoms with Crippen LogP contribution >= 0.6 is 0 Å². The molecule has 0 unspecified atom stereocenters. The first kappa shape index (κ1) is 19.1. The number of benzene rings is 2. The molecule has 0 radical (unpaired) electrons. The molecule has 28 heavy (non-hydrogen) atoms. The van der Waals surface area contributed by atoms with Crippen molar-refractivity contribution in [1.82, 2.24) is 15.2 Å². The number of aromatic carboxylic acids is 1. The van der Waals surface area contributed by atoms with Crippen molar-refractivity contribution in [2.45, 2.75) is 13.0 Å². The van der Waals surface area contributed by atoms with Gasteiger partial charge in [0.1, 0.15) is 18.2 Å². The maximum Gasteiger partial charge on any atom is 0.573 e. The SMILES string of the molecule is O=C(O)c1ccc(COc2n[nH]c(-c3ccc(OC(F)(F)F)cc3)n2)cc1F. The molecule has 0 spiro atoms. The number of nitrogens with zero attached hydrogens (tertiary/aromatic N) is 2. The Bertz CT molecular complexity index is 987. The van der Waals surface area contributed by atoms with Crippen molar-refractivity contribution in [1.29, 1.82) is 0 Å². The molecule has 0 bridgehead atoms. The standard InChI is InChI=1S/C17H11F4N3O4/c18-13-7-9(1-6-12(13)15(25)26)8-27-16-22-14(23-24-16)10-2-4-11(5-3-10)28-17(19,20)21/h1-7H,8H2,(H,25,26)(H,22,23,24). The van der Waals surface area contributed by atoms with Crippen LogP contribution in [0.15, 0.2) is 42.5 Å². The minimum atomic E-state index is -4.78. The number of hydrogen-bond donors (Lipinski definition) is 2. The van der Waals surface area contributed by atoms with Crippen molar-refractivity contribution in [3.05, 3.63) is 59.4 Å². The van der Waals surface area contributed by atoms with E-state index < -0.39 is 23.7 Å². The maximum absolute atomic E-state index is 13.6. The van der Waals surface area contributed by atoms with Crippen LogP contribution in [0.4, 0.5) is 17.6 Å². The molecule has 0 saturated heterocycles. The van der Waals surface area contributed by atoms with Gasteiger partial charge in [0.05, 0.1) is 5.56 Å². The maximum atomic E-state index is 13.6. The highest BCUT2D eigenvalue weighted by atomic mass is 19.4. The van der Waals surface area contributed by atoms with Gasteiger partial charge in [0, 0.05) is 5.56 Å². The number of halogens is 4. The molecule has 1 aromatic heterocycles. The summed E-state index contributed by atoms with van der Waals surface area (Å²) < 4.78 is 59.2. The first-order valence-corrected chi connectivity index (χ1v) is 7.64. The average Bonchev–Trinajstić information content (AvgIpc) is 3.08. The van der Waals surface area contributed by atoms with E-state index in [0.29, 0.717) is 11.1 Å². The minimum absolute atomic E-state index is 0.0756. The zero-order chi connectivity index (χ0) is 20.3. The molecular formula is C17H11F4N3O4. The third-order valence-electron chi connectivity index (χ3n) is 3.46. The second kappa shape index (κ2) is 7.55. The molecular weight excluding hydrogens is 386 g/mol. The van der Waals surface area contributed by atoms with Crippen LogP contribution in [-0.4, -0.2) is 32.6 Å². The summed E-state index contributed by atoms with van der Waals surface area (Å²) in [6, 6.07) is 8.40. The highest BCUT2D eigenvalue weighted by Gasteiger charge is 2.31. The molecule has 3 aromatic rings. The second-order valence-corrected chi connectivity index (χ2v) is 5.45. The van der Waals surface area contributed by atoms with Crippen LogP contribution in [0, 0.1) is 5.82 Å². The number of aromatic amines is 1. The van der Waals surface area contributed by atoms with Gasteiger partial charge >= 0.3 is 18.3 Å². The summed E-state index contributed by atoms with van der Waals surface area (Å²) in [5.74, 6) is -2.42. The number of aromatic nitrogens is 3. The van der Waals surface area contributed by atoms with Crippen LogP contribution in [0.3, 0.4) is 0 Å². The van der Waals surface area contributed by atoms with Gasteiger partial charge in [-0.05, 0) is 42.0 Å². The van der Waals surface area contributed by atoms with Crippen molar-refractivity contribution in [2.24, 2.45) is 0 Å². The summed E-state index contributed by atoms with van der Waals surface area (Å²) in [5.41, 5.74) is 0.345. The Balaban J connectivity index is 1.64. The fourth-order valence-electron chi connectivity index (χ4n) is 2.22. The van der Waals surface area contributed by atoms with E-state index >= 15 is 0 Å². The Morgan fingerprint density at radius 1 is 1.14 bits per heavy atom. The molecule has 2 N–H and O–H groups in total. The number of carbonyl (C=O) groups is 1. The lowest BCUT2D eigenvalue weighted by Gasteiger charge is -2.08. The third-order valence-corrected chi connectivity index (χ3v) is 3.46. The number of H-pyrrole nitrogens is 1. The summed E-state index contributed by atoms with van der Waals surface area (Å²) >= 11 is 0. The lowest BCUT2D eigenvalue weighted by atomic mass is 10.1. The normalized spacial score (nSPS) is 11.3. The number of carboxylic acid groups (broad SMARTS) is 1. The Kier molecular flexibility index (Phi) is 5.16. The molecule has 0 aliphatic heterocycles. The molecule has 11 heteroatoms. The van der Waals surface area contributed by atoms with Gasteiger partial charge in [-0.3, -0.25) is 5.10 Å². The monoisotopic (exact) mass is 397 g/mol. The van der Waals surface area contributed by atoms with E-state index in [0.717, 1.165) is 24.3 Å². The van der Waals surface area contributed by atoms with E-state index in [4.69, 9.17) is 9.84 Å². The molecule has 3 rings (SSSR count). The second-order valence-electron chi connectivity index (χ2n) is 5.45. The first-order chi connectivity index (χ1) is 13.2. The minimum Gasteiger partial charge on any atom is -0.478 e. The average molecular weight is 397 g/mol. The van der Waals surface area contributed by atoms with Gasteiger partial charge in [0.2, 0.25) is 0 Å². The highest BCUT2D eigenvalue weighted by Crippen LogP contribution is 2.25. The molecule has 2 aromatic carbocycles. The van der Waals surface area contributed by atoms with Gasteiger partial charge in [-0.15, -0.1) is 18.3 Å². The van der Waals surface area contributed by atoms with Crippen molar-refractivity contribution < 1.29 is 36.9 Å². The molecule has 0 aliphatic rings. The van der Waals surface area contributed by atoms with Crippen molar-refractivity contribution in [3.63, 3.8) is 0 Å². The Hall–Kier alpha value is -3.63. The molecule has 146 valence electrons. The van der Waals surface area contributed by atoms with E-state index in [1.165, 1.54) is 18.2 Å². The molecule has 0 atom stereocenters. The summed E-state index contributed by atoms with van der Waals surface area (Å²) in [6.07, 6.45) is -4.78. The predicted molar refractivity (Wildman–Crippen MR) is 86.2 cm³/mol. The summed E-state index contributed by atoms with van der Waals surface area (Å²) in [7, 11) is 0. The van der Waals surface area contributed by atoms with E-state index in [2.05, 4.69) is 19.9 Å². The van der Waals surface area contributed by atoms with Crippen molar-refractivity contribution in [3.8, 4) is 23.1 Å². The lowest BCUT2D eigenvalue weighted by molar-refractivity contribution is -0.274. The Morgan fingerprint density at radius 3 is 2.46 bits per heavy atom. The summed E-state index contributed by atoms with van der Waals surface area (Å²) in [5, 5.41) is 15.2. The van der Waals surface area contributed by atoms with Crippen LogP contribution in [0.1, 0.15) is 15.9 Å². The number of rotatable bonds is 6. The van der Waals surface area contributed by atoms with Gasteiger partial charge in [-0.1, -0.05) is 6.07 Å². The van der Waals surface area contributed by atoms with Crippen LogP contribution in [0.5, 0.6) is 11.8 Å². The van der Waals surface area contributed by atoms with Crippen LogP contribution in [0.25, 0.3) is 11.4 Å². The summed E-state index contributed by atoms with van der Waals surface area (Å²) in [6.45, 7) is -0.119. The number of hydrogen-bond acceptors (Lipinski definition) is 5. The fourth-order valence-corrected chi connectivity index (χ4v) is 2.22. The number of carboxylic acids is 1. The van der Waals surface area contributed by atoms with Gasteiger partial charge < -0.3 is 14.6 Å². The van der Waals surface area contributed by atoms with Crippen molar-refractivity contribution in [2.75, 3.05) is 0 Å². The van der Waals surface area contributed by atoms with Crippen LogP contribution < -0.4 is 9.47 Å². The number of ether oxygens (including phenoxy) is 2. The van der Waals surface area contributed by atoms with E-state index in [-0.39, 0.29) is 24.2 Å². The van der Waals surface area contributed by atoms with Crippen LogP contribution in [0.2, 0.25) is 0 Å². The van der Waals surface area contributed by atoms with E-state index in [1.54, 1.807) is 0 Å². The number of nitrogens with one attached hydrogen (secondary N) is 1. The van der Waals surface area contributed by atoms with Gasteiger partial charge in [-0.2, -0.15) is 4.98 Å². The van der Waals surface area contributed by atoms with Gasteiger partial charge in [-0.25, -0.2) is 9.18 Å². The quantitative estimate of drug-likeness (QED) is 0.615. The predicted octanol–water partition coefficient (Wildman–Crippen LogP) is 3.79. The zero-order valence-electron chi connectivity index (χ0n) is 13.8. The van der Waals surface area contributed by atoms with Gasteiger partial charge in [0.25, 0.3) is 0 Å². The highest BCUT2D eigenvalue weighted by molar-refractivity contribution is 5.87. The smallest absolute Gasteiger partial charge is 0.478 e. The molecule has 7 nitrogen and oxygen atoms in total. The fraction of sp³-hybridized carbons (Fsp3) is 0.118.